The number of ether oxygens (including phenoxy) is 1. The third-order valence-electron chi connectivity index (χ3n) is 2.63. The van der Waals surface area contributed by atoms with Gasteiger partial charge in [0.1, 0.15) is 0 Å². The Bertz CT molecular complexity index is 310. The van der Waals surface area contributed by atoms with E-state index in [-0.39, 0.29) is 17.2 Å². The van der Waals surface area contributed by atoms with Crippen molar-refractivity contribution < 1.29 is 13.2 Å². The minimum atomic E-state index is -3.19. The topological polar surface area (TPSA) is 55.4 Å². The molecule has 0 aromatic rings. The Hall–Kier alpha value is 0.350. The van der Waals surface area contributed by atoms with Crippen molar-refractivity contribution in [2.75, 3.05) is 24.3 Å². The van der Waals surface area contributed by atoms with Gasteiger partial charge < -0.3 is 4.74 Å². The molecule has 4 nitrogen and oxygen atoms in total. The predicted octanol–water partition coefficient (Wildman–Crippen LogP) is 1.51. The van der Waals surface area contributed by atoms with Crippen LogP contribution in [0, 0.1) is 5.92 Å². The zero-order valence-corrected chi connectivity index (χ0v) is 12.2. The molecule has 96 valence electrons. The fraction of sp³-hybridized carbons (Fsp3) is 1.00. The maximum Gasteiger partial charge on any atom is 0.212 e. The molecule has 1 fully saturated rings. The molecule has 1 N–H and O–H groups in total. The smallest absolute Gasteiger partial charge is 0.212 e. The van der Waals surface area contributed by atoms with Gasteiger partial charge in [0.25, 0.3) is 0 Å². The van der Waals surface area contributed by atoms with Crippen molar-refractivity contribution in [2.24, 2.45) is 5.92 Å². The summed E-state index contributed by atoms with van der Waals surface area (Å²) in [4.78, 5) is 0. The molecule has 0 aromatic carbocycles. The largest absolute Gasteiger partial charge is 0.381 e. The van der Waals surface area contributed by atoms with Gasteiger partial charge in [-0.15, -0.1) is 0 Å². The molecule has 0 aromatic heterocycles. The maximum absolute atomic E-state index is 11.9. The lowest BCUT2D eigenvalue weighted by Crippen LogP contribution is -2.54. The van der Waals surface area contributed by atoms with E-state index < -0.39 is 10.0 Å². The second kappa shape index (κ2) is 5.80. The van der Waals surface area contributed by atoms with Gasteiger partial charge in [0.05, 0.1) is 5.75 Å². The van der Waals surface area contributed by atoms with Gasteiger partial charge in [0.2, 0.25) is 10.0 Å². The summed E-state index contributed by atoms with van der Waals surface area (Å²) in [7, 11) is -3.19. The molecule has 6 heteroatoms. The Morgan fingerprint density at radius 2 is 1.94 bits per heavy atom. The molecular formula is C10H20BrNO3S. The van der Waals surface area contributed by atoms with Crippen molar-refractivity contribution in [1.82, 2.24) is 4.72 Å². The number of alkyl halides is 1. The van der Waals surface area contributed by atoms with Gasteiger partial charge in [-0.25, -0.2) is 13.1 Å². The molecule has 1 aliphatic rings. The summed E-state index contributed by atoms with van der Waals surface area (Å²) < 4.78 is 31.9. The van der Waals surface area contributed by atoms with E-state index in [0.29, 0.717) is 18.5 Å². The minimum absolute atomic E-state index is 0.143. The van der Waals surface area contributed by atoms with Crippen LogP contribution in [0.5, 0.6) is 0 Å². The molecule has 0 aliphatic carbocycles. The van der Waals surface area contributed by atoms with E-state index in [9.17, 15) is 8.42 Å². The summed E-state index contributed by atoms with van der Waals surface area (Å²) in [5.41, 5.74) is -0.355. The molecule has 0 saturated carbocycles. The van der Waals surface area contributed by atoms with Gasteiger partial charge in [0.15, 0.2) is 0 Å². The standard InChI is InChI=1S/C10H20BrNO3S/c1-9(2)7-16(13,14)12-10(8-11)3-5-15-6-4-10/h9,12H,3-8H2,1-2H3. The van der Waals surface area contributed by atoms with Crippen LogP contribution in [0.25, 0.3) is 0 Å². The van der Waals surface area contributed by atoms with Crippen molar-refractivity contribution >= 4 is 26.0 Å². The molecule has 0 radical (unpaired) electrons. The van der Waals surface area contributed by atoms with Crippen LogP contribution in [0.2, 0.25) is 0 Å². The quantitative estimate of drug-likeness (QED) is 0.783. The van der Waals surface area contributed by atoms with Crippen molar-refractivity contribution in [3.63, 3.8) is 0 Å². The third kappa shape index (κ3) is 4.31. The lowest BCUT2D eigenvalue weighted by molar-refractivity contribution is 0.0557. The van der Waals surface area contributed by atoms with Gasteiger partial charge in [-0.3, -0.25) is 0 Å². The molecule has 16 heavy (non-hydrogen) atoms. The lowest BCUT2D eigenvalue weighted by atomic mass is 9.94. The van der Waals surface area contributed by atoms with Gasteiger partial charge >= 0.3 is 0 Å². The first-order valence-corrected chi connectivity index (χ1v) is 8.32. The number of sulfonamides is 1. The highest BCUT2D eigenvalue weighted by atomic mass is 79.9. The number of hydrogen-bond acceptors (Lipinski definition) is 3. The Morgan fingerprint density at radius 1 is 1.38 bits per heavy atom. The van der Waals surface area contributed by atoms with Gasteiger partial charge in [-0.1, -0.05) is 29.8 Å². The van der Waals surface area contributed by atoms with Crippen LogP contribution in [0.3, 0.4) is 0 Å². The highest BCUT2D eigenvalue weighted by molar-refractivity contribution is 9.09. The summed E-state index contributed by atoms with van der Waals surface area (Å²) in [6, 6.07) is 0. The van der Waals surface area contributed by atoms with Crippen LogP contribution in [0.15, 0.2) is 0 Å². The Kier molecular flexibility index (Phi) is 5.22. The monoisotopic (exact) mass is 313 g/mol. The van der Waals surface area contributed by atoms with Crippen molar-refractivity contribution in [3.8, 4) is 0 Å². The van der Waals surface area contributed by atoms with Crippen molar-refractivity contribution in [1.29, 1.82) is 0 Å². The summed E-state index contributed by atoms with van der Waals surface area (Å²) in [6.45, 7) is 5.06. The molecule has 1 aliphatic heterocycles. The Morgan fingerprint density at radius 3 is 2.38 bits per heavy atom. The van der Waals surface area contributed by atoms with Crippen LogP contribution in [0.1, 0.15) is 26.7 Å². The average Bonchev–Trinajstić information content (AvgIpc) is 2.16. The normalized spacial score (nSPS) is 21.2. The van der Waals surface area contributed by atoms with Crippen LogP contribution in [-0.4, -0.2) is 38.3 Å². The highest BCUT2D eigenvalue weighted by Gasteiger charge is 2.35. The van der Waals surface area contributed by atoms with Gasteiger partial charge in [-0.2, -0.15) is 0 Å². The van der Waals surface area contributed by atoms with E-state index in [1.807, 2.05) is 13.8 Å². The molecule has 0 amide bonds. The van der Waals surface area contributed by atoms with E-state index in [0.717, 1.165) is 12.8 Å². The molecule has 0 spiro atoms. The fourth-order valence-corrected chi connectivity index (χ4v) is 4.62. The summed E-state index contributed by atoms with van der Waals surface area (Å²) in [6.07, 6.45) is 1.46. The van der Waals surface area contributed by atoms with E-state index in [2.05, 4.69) is 20.7 Å². The van der Waals surface area contributed by atoms with Crippen molar-refractivity contribution in [2.45, 2.75) is 32.2 Å². The molecule has 1 saturated heterocycles. The number of rotatable bonds is 5. The van der Waals surface area contributed by atoms with Crippen LogP contribution < -0.4 is 4.72 Å². The molecule has 0 bridgehead atoms. The second-order valence-electron chi connectivity index (χ2n) is 4.80. The lowest BCUT2D eigenvalue weighted by Gasteiger charge is -2.36. The van der Waals surface area contributed by atoms with Crippen LogP contribution in [-0.2, 0) is 14.8 Å². The number of hydrogen-bond donors (Lipinski definition) is 1. The number of halogens is 1. The number of nitrogens with one attached hydrogen (secondary N) is 1. The fourth-order valence-electron chi connectivity index (χ4n) is 1.84. The zero-order chi connectivity index (χ0) is 12.2. The average molecular weight is 314 g/mol. The van der Waals surface area contributed by atoms with E-state index in [4.69, 9.17) is 4.74 Å². The Balaban J connectivity index is 2.68. The first-order valence-electron chi connectivity index (χ1n) is 5.54. The third-order valence-corrected chi connectivity index (χ3v) is 5.55. The highest BCUT2D eigenvalue weighted by Crippen LogP contribution is 2.24. The molecule has 0 unspecified atom stereocenters. The molecule has 1 heterocycles. The second-order valence-corrected chi connectivity index (χ2v) is 7.13. The SMILES string of the molecule is CC(C)CS(=O)(=O)NC1(CBr)CCOCC1. The van der Waals surface area contributed by atoms with E-state index in [1.165, 1.54) is 0 Å². The van der Waals surface area contributed by atoms with E-state index in [1.54, 1.807) is 0 Å². The summed E-state index contributed by atoms with van der Waals surface area (Å²) >= 11 is 3.40. The zero-order valence-electron chi connectivity index (χ0n) is 9.83. The first kappa shape index (κ1) is 14.4. The summed E-state index contributed by atoms with van der Waals surface area (Å²) in [5, 5.41) is 0.640. The van der Waals surface area contributed by atoms with Crippen molar-refractivity contribution in [3.05, 3.63) is 0 Å². The maximum atomic E-state index is 11.9. The first-order chi connectivity index (χ1) is 7.39. The van der Waals surface area contributed by atoms with Crippen LogP contribution in [0.4, 0.5) is 0 Å². The Labute approximate surface area is 106 Å². The van der Waals surface area contributed by atoms with Gasteiger partial charge in [-0.05, 0) is 18.8 Å². The van der Waals surface area contributed by atoms with Gasteiger partial charge in [0, 0.05) is 24.1 Å². The van der Waals surface area contributed by atoms with E-state index >= 15 is 0 Å². The minimum Gasteiger partial charge on any atom is -0.381 e. The molecular weight excluding hydrogens is 294 g/mol. The summed E-state index contributed by atoms with van der Waals surface area (Å²) in [5.74, 6) is 0.326. The molecule has 0 atom stereocenters. The van der Waals surface area contributed by atoms with Crippen LogP contribution >= 0.6 is 15.9 Å². The molecule has 1 rings (SSSR count). The predicted molar refractivity (Wildman–Crippen MR) is 68.3 cm³/mol.